The van der Waals surface area contributed by atoms with Crippen molar-refractivity contribution in [3.8, 4) is 11.5 Å². The first-order valence-corrected chi connectivity index (χ1v) is 11.1. The van der Waals surface area contributed by atoms with Crippen LogP contribution in [0.1, 0.15) is 30.9 Å². The third-order valence-corrected chi connectivity index (χ3v) is 6.32. The summed E-state index contributed by atoms with van der Waals surface area (Å²) in [7, 11) is 0. The number of hydrogen-bond donors (Lipinski definition) is 2. The lowest BCUT2D eigenvalue weighted by atomic mass is 9.73. The normalized spacial score (nSPS) is 17.8. The van der Waals surface area contributed by atoms with Gasteiger partial charge >= 0.3 is 0 Å². The van der Waals surface area contributed by atoms with Crippen LogP contribution in [-0.4, -0.2) is 48.8 Å². The van der Waals surface area contributed by atoms with Crippen LogP contribution < -0.4 is 15.4 Å². The summed E-state index contributed by atoms with van der Waals surface area (Å²) in [6, 6.07) is 15.8. The van der Waals surface area contributed by atoms with Crippen LogP contribution in [0.4, 0.5) is 0 Å². The maximum absolute atomic E-state index is 13.4. The lowest BCUT2D eigenvalue weighted by Gasteiger charge is -2.41. The Balaban J connectivity index is 1.55. The fourth-order valence-electron chi connectivity index (χ4n) is 4.50. The van der Waals surface area contributed by atoms with E-state index in [1.165, 1.54) is 6.92 Å². The number of carbonyl (C=O) groups is 3. The van der Waals surface area contributed by atoms with Crippen LogP contribution in [0.3, 0.4) is 0 Å². The van der Waals surface area contributed by atoms with Crippen LogP contribution in [0.5, 0.6) is 11.5 Å². The molecule has 2 aromatic rings. The number of fused-ring (bicyclic) bond motifs is 4. The Morgan fingerprint density at radius 2 is 1.72 bits per heavy atom. The predicted octanol–water partition coefficient (Wildman–Crippen LogP) is 2.44. The summed E-state index contributed by atoms with van der Waals surface area (Å²) >= 11 is 0. The molecule has 2 aliphatic rings. The summed E-state index contributed by atoms with van der Waals surface area (Å²) in [5.74, 6) is 1.22. The van der Waals surface area contributed by atoms with E-state index in [4.69, 9.17) is 4.74 Å². The zero-order valence-electron chi connectivity index (χ0n) is 18.4. The number of hydrogen-bond acceptors (Lipinski definition) is 4. The van der Waals surface area contributed by atoms with Gasteiger partial charge in [-0.3, -0.25) is 14.4 Å². The van der Waals surface area contributed by atoms with Crippen LogP contribution in [0.25, 0.3) is 0 Å². The quantitative estimate of drug-likeness (QED) is 0.759. The molecule has 4 bridgehead atoms. The van der Waals surface area contributed by atoms with E-state index in [1.807, 2.05) is 48.5 Å². The van der Waals surface area contributed by atoms with Crippen molar-refractivity contribution in [3.05, 3.63) is 59.7 Å². The average molecular weight is 436 g/mol. The standard InChI is InChI=1S/C25H29N3O4/c1-18(29)27-17-23(30)28-12-9-25(10-13-28)16-20-5-3-7-22(15-20)32-21-6-2-4-19(14-21)8-11-26-24(25)31/h2-7,14-15H,8-13,16-17H2,1H3,(H,26,31)(H,27,29). The van der Waals surface area contributed by atoms with Gasteiger partial charge in [0, 0.05) is 26.6 Å². The number of nitrogens with zero attached hydrogens (tertiary/aromatic N) is 1. The fourth-order valence-corrected chi connectivity index (χ4v) is 4.50. The first-order valence-electron chi connectivity index (χ1n) is 11.1. The molecule has 1 fully saturated rings. The van der Waals surface area contributed by atoms with Crippen LogP contribution in [0.15, 0.2) is 48.5 Å². The van der Waals surface area contributed by atoms with Gasteiger partial charge in [-0.1, -0.05) is 24.3 Å². The highest BCUT2D eigenvalue weighted by molar-refractivity contribution is 5.85. The van der Waals surface area contributed by atoms with Crippen molar-refractivity contribution in [1.29, 1.82) is 0 Å². The Labute approximate surface area is 188 Å². The highest BCUT2D eigenvalue weighted by Gasteiger charge is 2.42. The molecule has 1 saturated heterocycles. The molecule has 7 heteroatoms. The van der Waals surface area contributed by atoms with E-state index < -0.39 is 5.41 Å². The van der Waals surface area contributed by atoms with Gasteiger partial charge in [-0.2, -0.15) is 0 Å². The van der Waals surface area contributed by atoms with Gasteiger partial charge in [0.2, 0.25) is 17.7 Å². The van der Waals surface area contributed by atoms with E-state index in [2.05, 4.69) is 10.6 Å². The first-order chi connectivity index (χ1) is 15.4. The molecule has 0 radical (unpaired) electrons. The minimum atomic E-state index is -0.587. The van der Waals surface area contributed by atoms with Gasteiger partial charge in [0.15, 0.2) is 0 Å². The minimum Gasteiger partial charge on any atom is -0.457 e. The third kappa shape index (κ3) is 5.10. The van der Waals surface area contributed by atoms with Crippen molar-refractivity contribution in [1.82, 2.24) is 15.5 Å². The van der Waals surface area contributed by atoms with Crippen molar-refractivity contribution in [2.24, 2.45) is 5.41 Å². The number of carbonyl (C=O) groups excluding carboxylic acids is 3. The van der Waals surface area contributed by atoms with E-state index in [-0.39, 0.29) is 24.3 Å². The number of rotatable bonds is 2. The van der Waals surface area contributed by atoms with Crippen molar-refractivity contribution in [2.75, 3.05) is 26.2 Å². The number of piperidine rings is 1. The van der Waals surface area contributed by atoms with Gasteiger partial charge in [-0.25, -0.2) is 0 Å². The monoisotopic (exact) mass is 435 g/mol. The zero-order chi connectivity index (χ0) is 22.6. The number of likely N-dealkylation sites (tertiary alicyclic amines) is 1. The third-order valence-electron chi connectivity index (χ3n) is 6.32. The predicted molar refractivity (Wildman–Crippen MR) is 120 cm³/mol. The number of ether oxygens (including phenoxy) is 1. The smallest absolute Gasteiger partial charge is 0.241 e. The summed E-state index contributed by atoms with van der Waals surface area (Å²) in [4.78, 5) is 38.7. The molecule has 2 aromatic carbocycles. The van der Waals surface area contributed by atoms with Gasteiger partial charge < -0.3 is 20.3 Å². The molecular weight excluding hydrogens is 406 g/mol. The van der Waals surface area contributed by atoms with Crippen molar-refractivity contribution in [3.63, 3.8) is 0 Å². The number of nitrogens with one attached hydrogen (secondary N) is 2. The average Bonchev–Trinajstić information content (AvgIpc) is 2.78. The van der Waals surface area contributed by atoms with Gasteiger partial charge in [0.1, 0.15) is 11.5 Å². The summed E-state index contributed by atoms with van der Waals surface area (Å²) < 4.78 is 6.08. The molecular formula is C25H29N3O4. The first kappa shape index (κ1) is 21.9. The summed E-state index contributed by atoms with van der Waals surface area (Å²) in [5.41, 5.74) is 1.55. The Morgan fingerprint density at radius 3 is 2.41 bits per heavy atom. The second-order valence-electron chi connectivity index (χ2n) is 8.65. The lowest BCUT2D eigenvalue weighted by molar-refractivity contribution is -0.140. The van der Waals surface area contributed by atoms with Crippen LogP contribution in [0.2, 0.25) is 0 Å². The van der Waals surface area contributed by atoms with Crippen LogP contribution >= 0.6 is 0 Å². The molecule has 7 nitrogen and oxygen atoms in total. The molecule has 0 unspecified atom stereocenters. The zero-order valence-corrected chi connectivity index (χ0v) is 18.4. The summed E-state index contributed by atoms with van der Waals surface area (Å²) in [6.45, 7) is 2.91. The molecule has 0 aliphatic carbocycles. The molecule has 2 N–H and O–H groups in total. The van der Waals surface area contributed by atoms with Crippen molar-refractivity contribution in [2.45, 2.75) is 32.6 Å². The molecule has 0 atom stereocenters. The SMILES string of the molecule is CC(=O)NCC(=O)N1CCC2(CC1)Cc1cccc(c1)Oc1cccc(c1)CCNC2=O. The highest BCUT2D eigenvalue weighted by Crippen LogP contribution is 2.37. The molecule has 3 amide bonds. The molecule has 1 spiro atoms. The van der Waals surface area contributed by atoms with E-state index in [0.29, 0.717) is 38.9 Å². The van der Waals surface area contributed by atoms with E-state index in [0.717, 1.165) is 29.0 Å². The second-order valence-corrected chi connectivity index (χ2v) is 8.65. The Morgan fingerprint density at radius 1 is 1.06 bits per heavy atom. The van der Waals surface area contributed by atoms with Gasteiger partial charge in [0.25, 0.3) is 0 Å². The van der Waals surface area contributed by atoms with E-state index in [9.17, 15) is 14.4 Å². The largest absolute Gasteiger partial charge is 0.457 e. The topological polar surface area (TPSA) is 87.7 Å². The van der Waals surface area contributed by atoms with Crippen LogP contribution in [-0.2, 0) is 27.2 Å². The highest BCUT2D eigenvalue weighted by atomic mass is 16.5. The van der Waals surface area contributed by atoms with Gasteiger partial charge in [-0.05, 0) is 61.1 Å². The molecule has 2 aliphatic heterocycles. The minimum absolute atomic E-state index is 0.00755. The second kappa shape index (κ2) is 9.42. The van der Waals surface area contributed by atoms with Crippen molar-refractivity contribution >= 4 is 17.7 Å². The van der Waals surface area contributed by atoms with Crippen molar-refractivity contribution < 1.29 is 19.1 Å². The van der Waals surface area contributed by atoms with Gasteiger partial charge in [0.05, 0.1) is 12.0 Å². The summed E-state index contributed by atoms with van der Waals surface area (Å²) in [5, 5.41) is 5.70. The maximum Gasteiger partial charge on any atom is 0.241 e. The van der Waals surface area contributed by atoms with E-state index >= 15 is 0 Å². The van der Waals surface area contributed by atoms with Crippen LogP contribution in [0, 0.1) is 5.41 Å². The fraction of sp³-hybridized carbons (Fsp3) is 0.400. The van der Waals surface area contributed by atoms with Gasteiger partial charge in [-0.15, -0.1) is 0 Å². The molecule has 0 saturated carbocycles. The molecule has 0 aromatic heterocycles. The Bertz CT molecular complexity index is 1010. The maximum atomic E-state index is 13.4. The molecule has 4 rings (SSSR count). The number of amides is 3. The molecule has 168 valence electrons. The van der Waals surface area contributed by atoms with E-state index in [1.54, 1.807) is 4.90 Å². The lowest BCUT2D eigenvalue weighted by Crippen LogP contribution is -2.52. The molecule has 32 heavy (non-hydrogen) atoms. The number of benzene rings is 2. The summed E-state index contributed by atoms with van der Waals surface area (Å²) in [6.07, 6.45) is 2.45. The Kier molecular flexibility index (Phi) is 6.44. The molecule has 2 heterocycles. The Hall–Kier alpha value is -3.35.